The number of nitro groups is 1. The average molecular weight is 340 g/mol. The predicted octanol–water partition coefficient (Wildman–Crippen LogP) is 3.89. The molecule has 6 heteroatoms. The number of hydrogen-bond acceptors (Lipinski definition) is 4. The number of ether oxygens (including phenoxy) is 1. The molecule has 0 bridgehead atoms. The van der Waals surface area contributed by atoms with E-state index in [1.807, 2.05) is 19.1 Å². The van der Waals surface area contributed by atoms with E-state index in [1.54, 1.807) is 17.9 Å². The van der Waals surface area contributed by atoms with Crippen LogP contribution in [0.15, 0.2) is 36.4 Å². The van der Waals surface area contributed by atoms with Gasteiger partial charge in [0.1, 0.15) is 0 Å². The number of hydrogen-bond donors (Lipinski definition) is 0. The Kier molecular flexibility index (Phi) is 4.70. The fourth-order valence-electron chi connectivity index (χ4n) is 3.16. The molecule has 0 saturated heterocycles. The second kappa shape index (κ2) is 6.93. The highest BCUT2D eigenvalue weighted by molar-refractivity contribution is 6.07. The van der Waals surface area contributed by atoms with Crippen LogP contribution in [-0.2, 0) is 6.42 Å². The molecule has 0 fully saturated rings. The highest BCUT2D eigenvalue weighted by Gasteiger charge is 2.26. The van der Waals surface area contributed by atoms with E-state index in [2.05, 4.69) is 6.07 Å². The molecule has 1 heterocycles. The molecule has 0 radical (unpaired) electrons. The summed E-state index contributed by atoms with van der Waals surface area (Å²) in [7, 11) is 0. The van der Waals surface area contributed by atoms with E-state index in [1.165, 1.54) is 12.1 Å². The summed E-state index contributed by atoms with van der Waals surface area (Å²) in [5.41, 5.74) is 3.29. The van der Waals surface area contributed by atoms with Crippen LogP contribution >= 0.6 is 0 Å². The van der Waals surface area contributed by atoms with E-state index in [9.17, 15) is 14.9 Å². The standard InChI is InChI=1S/C19H20N2O4/c1-3-25-18-9-7-15(12-17(18)21(23)24)19(22)20-10-4-5-14-11-13(2)6-8-16(14)20/h6-9,11-12H,3-5,10H2,1-2H3. The summed E-state index contributed by atoms with van der Waals surface area (Å²) >= 11 is 0. The fourth-order valence-corrected chi connectivity index (χ4v) is 3.16. The number of fused-ring (bicyclic) bond motifs is 1. The summed E-state index contributed by atoms with van der Waals surface area (Å²) in [5, 5.41) is 11.3. The van der Waals surface area contributed by atoms with E-state index in [4.69, 9.17) is 4.74 Å². The van der Waals surface area contributed by atoms with Crippen molar-refractivity contribution >= 4 is 17.3 Å². The fraction of sp³-hybridized carbons (Fsp3) is 0.316. The molecule has 0 unspecified atom stereocenters. The Hall–Kier alpha value is -2.89. The van der Waals surface area contributed by atoms with E-state index >= 15 is 0 Å². The van der Waals surface area contributed by atoms with Gasteiger partial charge in [0.2, 0.25) is 0 Å². The monoisotopic (exact) mass is 340 g/mol. The van der Waals surface area contributed by atoms with Crippen molar-refractivity contribution in [1.82, 2.24) is 0 Å². The van der Waals surface area contributed by atoms with Gasteiger partial charge < -0.3 is 9.64 Å². The largest absolute Gasteiger partial charge is 0.487 e. The molecule has 0 saturated carbocycles. The lowest BCUT2D eigenvalue weighted by Crippen LogP contribution is -2.35. The zero-order chi connectivity index (χ0) is 18.0. The molecule has 130 valence electrons. The Bertz CT molecular complexity index is 832. The zero-order valence-corrected chi connectivity index (χ0v) is 14.3. The second-order valence-electron chi connectivity index (χ2n) is 6.07. The van der Waals surface area contributed by atoms with Crippen molar-refractivity contribution in [2.24, 2.45) is 0 Å². The lowest BCUT2D eigenvalue weighted by atomic mass is 9.98. The smallest absolute Gasteiger partial charge is 0.311 e. The molecule has 6 nitrogen and oxygen atoms in total. The van der Waals surface area contributed by atoms with Crippen molar-refractivity contribution in [2.45, 2.75) is 26.7 Å². The maximum absolute atomic E-state index is 13.0. The van der Waals surface area contributed by atoms with Gasteiger partial charge in [-0.25, -0.2) is 0 Å². The molecule has 0 spiro atoms. The minimum Gasteiger partial charge on any atom is -0.487 e. The summed E-state index contributed by atoms with van der Waals surface area (Å²) in [4.78, 5) is 25.4. The Morgan fingerprint density at radius 1 is 1.28 bits per heavy atom. The van der Waals surface area contributed by atoms with E-state index < -0.39 is 4.92 Å². The maximum atomic E-state index is 13.0. The summed E-state index contributed by atoms with van der Waals surface area (Å²) in [6.07, 6.45) is 1.81. The molecule has 3 rings (SSSR count). The van der Waals surface area contributed by atoms with Gasteiger partial charge in [0.05, 0.1) is 11.5 Å². The Balaban J connectivity index is 1.97. The number of nitro benzene ring substituents is 1. The van der Waals surface area contributed by atoms with Crippen molar-refractivity contribution in [3.8, 4) is 5.75 Å². The van der Waals surface area contributed by atoms with Crippen molar-refractivity contribution in [1.29, 1.82) is 0 Å². The van der Waals surface area contributed by atoms with Gasteiger partial charge in [-0.15, -0.1) is 0 Å². The van der Waals surface area contributed by atoms with Crippen LogP contribution in [0.1, 0.15) is 34.8 Å². The third-order valence-corrected chi connectivity index (χ3v) is 4.30. The van der Waals surface area contributed by atoms with E-state index in [0.29, 0.717) is 18.7 Å². The van der Waals surface area contributed by atoms with Gasteiger partial charge in [0.25, 0.3) is 5.91 Å². The molecular formula is C19H20N2O4. The van der Waals surface area contributed by atoms with Gasteiger partial charge in [-0.2, -0.15) is 0 Å². The normalized spacial score (nSPS) is 13.3. The zero-order valence-electron chi connectivity index (χ0n) is 14.3. The van der Waals surface area contributed by atoms with Crippen LogP contribution in [0.25, 0.3) is 0 Å². The van der Waals surface area contributed by atoms with Crippen LogP contribution in [0.4, 0.5) is 11.4 Å². The van der Waals surface area contributed by atoms with Gasteiger partial charge in [-0.1, -0.05) is 17.7 Å². The number of amides is 1. The Morgan fingerprint density at radius 3 is 2.80 bits per heavy atom. The van der Waals surface area contributed by atoms with Crippen LogP contribution in [-0.4, -0.2) is 24.0 Å². The summed E-state index contributed by atoms with van der Waals surface area (Å²) < 4.78 is 5.28. The van der Waals surface area contributed by atoms with Crippen LogP contribution in [0.5, 0.6) is 5.75 Å². The molecule has 2 aromatic rings. The molecule has 1 aliphatic rings. The molecule has 1 amide bonds. The quantitative estimate of drug-likeness (QED) is 0.625. The van der Waals surface area contributed by atoms with Gasteiger partial charge in [-0.3, -0.25) is 14.9 Å². The van der Waals surface area contributed by atoms with E-state index in [-0.39, 0.29) is 17.3 Å². The van der Waals surface area contributed by atoms with Gasteiger partial charge in [-0.05, 0) is 50.5 Å². The van der Waals surface area contributed by atoms with Crippen molar-refractivity contribution < 1.29 is 14.5 Å². The van der Waals surface area contributed by atoms with Gasteiger partial charge in [0, 0.05) is 23.9 Å². The molecular weight excluding hydrogens is 320 g/mol. The van der Waals surface area contributed by atoms with Gasteiger partial charge in [0.15, 0.2) is 5.75 Å². The molecule has 2 aromatic carbocycles. The van der Waals surface area contributed by atoms with Crippen LogP contribution in [0, 0.1) is 17.0 Å². The molecule has 0 aromatic heterocycles. The third kappa shape index (κ3) is 3.33. The SMILES string of the molecule is CCOc1ccc(C(=O)N2CCCc3cc(C)ccc32)cc1[N+](=O)[O-]. The highest BCUT2D eigenvalue weighted by Crippen LogP contribution is 2.32. The molecule has 1 aliphatic heterocycles. The predicted molar refractivity (Wildman–Crippen MR) is 95.4 cm³/mol. The topological polar surface area (TPSA) is 72.7 Å². The summed E-state index contributed by atoms with van der Waals surface area (Å²) in [5.74, 6) is -0.0466. The average Bonchev–Trinajstić information content (AvgIpc) is 2.60. The minimum atomic E-state index is -0.519. The molecule has 25 heavy (non-hydrogen) atoms. The first-order chi connectivity index (χ1) is 12.0. The van der Waals surface area contributed by atoms with Crippen molar-refractivity contribution in [2.75, 3.05) is 18.1 Å². The molecule has 0 atom stereocenters. The lowest BCUT2D eigenvalue weighted by Gasteiger charge is -2.30. The second-order valence-corrected chi connectivity index (χ2v) is 6.07. The number of nitrogens with zero attached hydrogens (tertiary/aromatic N) is 2. The summed E-state index contributed by atoms with van der Waals surface area (Å²) in [6.45, 7) is 4.72. The van der Waals surface area contributed by atoms with Crippen molar-refractivity contribution in [3.05, 3.63) is 63.2 Å². The Labute approximate surface area is 146 Å². The van der Waals surface area contributed by atoms with Gasteiger partial charge >= 0.3 is 5.69 Å². The van der Waals surface area contributed by atoms with Crippen LogP contribution in [0.2, 0.25) is 0 Å². The number of anilines is 1. The number of benzene rings is 2. The van der Waals surface area contributed by atoms with E-state index in [0.717, 1.165) is 29.7 Å². The molecule has 0 N–H and O–H groups in total. The minimum absolute atomic E-state index is 0.179. The molecule has 0 aliphatic carbocycles. The number of rotatable bonds is 4. The number of aryl methyl sites for hydroxylation is 2. The first-order valence-electron chi connectivity index (χ1n) is 8.34. The van der Waals surface area contributed by atoms with Crippen LogP contribution in [0.3, 0.4) is 0 Å². The third-order valence-electron chi connectivity index (χ3n) is 4.30. The maximum Gasteiger partial charge on any atom is 0.311 e. The van der Waals surface area contributed by atoms with Crippen LogP contribution < -0.4 is 9.64 Å². The number of carbonyl (C=O) groups excluding carboxylic acids is 1. The highest BCUT2D eigenvalue weighted by atomic mass is 16.6. The first kappa shape index (κ1) is 17.0. The number of carbonyl (C=O) groups is 1. The lowest BCUT2D eigenvalue weighted by molar-refractivity contribution is -0.385. The Morgan fingerprint density at radius 2 is 2.08 bits per heavy atom. The van der Waals surface area contributed by atoms with Crippen molar-refractivity contribution in [3.63, 3.8) is 0 Å². The summed E-state index contributed by atoms with van der Waals surface area (Å²) in [6, 6.07) is 10.4. The first-order valence-corrected chi connectivity index (χ1v) is 8.34.